The molecule has 0 bridgehead atoms. The highest BCUT2D eigenvalue weighted by Crippen LogP contribution is 2.17. The third-order valence-electron chi connectivity index (χ3n) is 4.21. The number of amides is 3. The molecule has 0 spiro atoms. The quantitative estimate of drug-likeness (QED) is 0.772. The third-order valence-corrected chi connectivity index (χ3v) is 4.21. The van der Waals surface area contributed by atoms with Crippen LogP contribution in [0.5, 0.6) is 0 Å². The van der Waals surface area contributed by atoms with Gasteiger partial charge in [0.1, 0.15) is 17.3 Å². The van der Waals surface area contributed by atoms with Gasteiger partial charge >= 0.3 is 0 Å². The van der Waals surface area contributed by atoms with Crippen molar-refractivity contribution in [2.45, 2.75) is 19.8 Å². The smallest absolute Gasteiger partial charge is 0.244 e. The Balaban J connectivity index is 1.85. The maximum atomic E-state index is 13.6. The zero-order valence-corrected chi connectivity index (χ0v) is 15.2. The summed E-state index contributed by atoms with van der Waals surface area (Å²) in [4.78, 5) is 39.3. The largest absolute Gasteiger partial charge is 0.378 e. The number of benzene rings is 1. The topological polar surface area (TPSA) is 79.0 Å². The number of ether oxygens (including phenoxy) is 1. The van der Waals surface area contributed by atoms with Crippen molar-refractivity contribution in [1.82, 2.24) is 9.80 Å². The second kappa shape index (κ2) is 9.96. The van der Waals surface area contributed by atoms with Crippen LogP contribution in [-0.2, 0) is 19.1 Å². The van der Waals surface area contributed by atoms with Gasteiger partial charge in [0.15, 0.2) is 0 Å². The average molecular weight is 383 g/mol. The number of rotatable bonds is 7. The fourth-order valence-electron chi connectivity index (χ4n) is 2.69. The lowest BCUT2D eigenvalue weighted by molar-refractivity contribution is -0.140. The Labute approximate surface area is 156 Å². The number of likely N-dealkylation sites (N-methyl/N-ethyl adjacent to an activating group) is 1. The molecule has 27 heavy (non-hydrogen) atoms. The van der Waals surface area contributed by atoms with Gasteiger partial charge in [-0.2, -0.15) is 0 Å². The van der Waals surface area contributed by atoms with Crippen LogP contribution < -0.4 is 5.32 Å². The van der Waals surface area contributed by atoms with Crippen LogP contribution in [0.1, 0.15) is 19.8 Å². The molecule has 0 aromatic heterocycles. The summed E-state index contributed by atoms with van der Waals surface area (Å²) in [7, 11) is 0. The second-order valence-electron chi connectivity index (χ2n) is 6.05. The Bertz CT molecular complexity index is 673. The summed E-state index contributed by atoms with van der Waals surface area (Å²) in [6.45, 7) is 3.52. The number of para-hydroxylation sites is 1. The molecule has 1 aliphatic rings. The van der Waals surface area contributed by atoms with Crippen LogP contribution in [-0.4, -0.2) is 66.9 Å². The number of nitrogens with zero attached hydrogens (tertiary/aromatic N) is 2. The predicted octanol–water partition coefficient (Wildman–Crippen LogP) is 1.39. The Hall–Kier alpha value is -2.55. The Morgan fingerprint density at radius 3 is 2.37 bits per heavy atom. The van der Waals surface area contributed by atoms with E-state index in [1.165, 1.54) is 11.0 Å². The zero-order chi connectivity index (χ0) is 19.8. The highest BCUT2D eigenvalue weighted by atomic mass is 19.1. The molecular formula is C18H23F2N3O4. The number of halogens is 2. The van der Waals surface area contributed by atoms with Crippen molar-refractivity contribution in [3.63, 3.8) is 0 Å². The predicted molar refractivity (Wildman–Crippen MR) is 93.9 cm³/mol. The minimum atomic E-state index is -0.895. The monoisotopic (exact) mass is 383 g/mol. The first-order chi connectivity index (χ1) is 12.9. The highest BCUT2D eigenvalue weighted by molar-refractivity contribution is 5.95. The number of carbonyl (C=O) groups excluding carboxylic acids is 3. The van der Waals surface area contributed by atoms with Gasteiger partial charge in [-0.05, 0) is 19.1 Å². The number of carbonyl (C=O) groups is 3. The SMILES string of the molecule is CCN(CC(=O)Nc1c(F)cccc1F)C(=O)CCC(=O)N1CCOCC1. The fourth-order valence-corrected chi connectivity index (χ4v) is 2.69. The standard InChI is InChI=1S/C18H23F2N3O4/c1-2-22(12-15(24)21-18-13(19)4-3-5-14(18)20)16(25)6-7-17(26)23-8-10-27-11-9-23/h3-5H,2,6-12H2,1H3,(H,21,24). The van der Waals surface area contributed by atoms with E-state index < -0.39 is 23.2 Å². The fraction of sp³-hybridized carbons (Fsp3) is 0.500. The molecule has 148 valence electrons. The molecule has 1 aliphatic heterocycles. The van der Waals surface area contributed by atoms with Gasteiger partial charge in [-0.25, -0.2) is 8.78 Å². The number of anilines is 1. The number of morpholine rings is 1. The Morgan fingerprint density at radius 1 is 1.15 bits per heavy atom. The van der Waals surface area contributed by atoms with E-state index in [-0.39, 0.29) is 37.7 Å². The van der Waals surface area contributed by atoms with Crippen molar-refractivity contribution in [1.29, 1.82) is 0 Å². The molecule has 9 heteroatoms. The van der Waals surface area contributed by atoms with Crippen LogP contribution in [0.15, 0.2) is 18.2 Å². The minimum Gasteiger partial charge on any atom is -0.378 e. The van der Waals surface area contributed by atoms with Crippen molar-refractivity contribution < 1.29 is 27.9 Å². The van der Waals surface area contributed by atoms with Gasteiger partial charge in [-0.15, -0.1) is 0 Å². The molecule has 1 fully saturated rings. The molecule has 1 aromatic carbocycles. The van der Waals surface area contributed by atoms with Crippen molar-refractivity contribution in [3.8, 4) is 0 Å². The van der Waals surface area contributed by atoms with Crippen LogP contribution in [0.2, 0.25) is 0 Å². The van der Waals surface area contributed by atoms with Crippen LogP contribution in [0.4, 0.5) is 14.5 Å². The molecule has 1 heterocycles. The molecule has 0 aliphatic carbocycles. The third kappa shape index (κ3) is 5.99. The zero-order valence-electron chi connectivity index (χ0n) is 15.2. The first-order valence-electron chi connectivity index (χ1n) is 8.79. The first kappa shape index (κ1) is 20.8. The summed E-state index contributed by atoms with van der Waals surface area (Å²) >= 11 is 0. The van der Waals surface area contributed by atoms with Crippen molar-refractivity contribution in [3.05, 3.63) is 29.8 Å². The average Bonchev–Trinajstić information content (AvgIpc) is 2.67. The molecule has 1 saturated heterocycles. The number of nitrogens with one attached hydrogen (secondary N) is 1. The molecule has 0 unspecified atom stereocenters. The summed E-state index contributed by atoms with van der Waals surface area (Å²) in [6.07, 6.45) is 0.00423. The van der Waals surface area contributed by atoms with E-state index in [4.69, 9.17) is 4.74 Å². The van der Waals surface area contributed by atoms with E-state index in [0.717, 1.165) is 12.1 Å². The van der Waals surface area contributed by atoms with Gasteiger partial charge in [0.05, 0.1) is 19.8 Å². The van der Waals surface area contributed by atoms with Crippen LogP contribution in [0.25, 0.3) is 0 Å². The van der Waals surface area contributed by atoms with Crippen LogP contribution >= 0.6 is 0 Å². The van der Waals surface area contributed by atoms with Gasteiger partial charge in [0.2, 0.25) is 17.7 Å². The van der Waals surface area contributed by atoms with E-state index >= 15 is 0 Å². The number of hydrogen-bond donors (Lipinski definition) is 1. The molecule has 7 nitrogen and oxygen atoms in total. The maximum absolute atomic E-state index is 13.6. The molecule has 3 amide bonds. The molecule has 0 radical (unpaired) electrons. The van der Waals surface area contributed by atoms with E-state index in [1.807, 2.05) is 0 Å². The number of hydrogen-bond acceptors (Lipinski definition) is 4. The molecule has 0 saturated carbocycles. The summed E-state index contributed by atoms with van der Waals surface area (Å²) in [5.74, 6) is -3.01. The van der Waals surface area contributed by atoms with Gasteiger partial charge in [0.25, 0.3) is 0 Å². The normalized spacial score (nSPS) is 14.0. The maximum Gasteiger partial charge on any atom is 0.244 e. The minimum absolute atomic E-state index is 0.0363. The van der Waals surface area contributed by atoms with E-state index in [1.54, 1.807) is 11.8 Å². The van der Waals surface area contributed by atoms with E-state index in [0.29, 0.717) is 26.3 Å². The summed E-state index contributed by atoms with van der Waals surface area (Å²) < 4.78 is 32.4. The molecule has 0 atom stereocenters. The van der Waals surface area contributed by atoms with Gasteiger partial charge < -0.3 is 19.9 Å². The lowest BCUT2D eigenvalue weighted by atomic mass is 10.2. The molecule has 1 aromatic rings. The first-order valence-corrected chi connectivity index (χ1v) is 8.79. The van der Waals surface area contributed by atoms with Crippen molar-refractivity contribution >= 4 is 23.4 Å². The van der Waals surface area contributed by atoms with Gasteiger partial charge in [0, 0.05) is 32.5 Å². The Kier molecular flexibility index (Phi) is 7.66. The summed E-state index contributed by atoms with van der Waals surface area (Å²) in [6, 6.07) is 3.24. The Morgan fingerprint density at radius 2 is 1.78 bits per heavy atom. The van der Waals surface area contributed by atoms with E-state index in [9.17, 15) is 23.2 Å². The van der Waals surface area contributed by atoms with Crippen molar-refractivity contribution in [2.24, 2.45) is 0 Å². The van der Waals surface area contributed by atoms with Gasteiger partial charge in [-0.3, -0.25) is 14.4 Å². The summed E-state index contributed by atoms with van der Waals surface area (Å²) in [5.41, 5.74) is -0.548. The van der Waals surface area contributed by atoms with Crippen molar-refractivity contribution in [2.75, 3.05) is 44.7 Å². The van der Waals surface area contributed by atoms with Crippen LogP contribution in [0.3, 0.4) is 0 Å². The second-order valence-corrected chi connectivity index (χ2v) is 6.05. The lowest BCUT2D eigenvalue weighted by Crippen LogP contribution is -2.42. The van der Waals surface area contributed by atoms with E-state index in [2.05, 4.69) is 5.32 Å². The molecule has 1 N–H and O–H groups in total. The van der Waals surface area contributed by atoms with Gasteiger partial charge in [-0.1, -0.05) is 6.07 Å². The van der Waals surface area contributed by atoms with Crippen LogP contribution in [0, 0.1) is 11.6 Å². The lowest BCUT2D eigenvalue weighted by Gasteiger charge is -2.27. The molecule has 2 rings (SSSR count). The summed E-state index contributed by atoms with van der Waals surface area (Å²) in [5, 5.41) is 2.14. The molecular weight excluding hydrogens is 360 g/mol. The highest BCUT2D eigenvalue weighted by Gasteiger charge is 2.21.